The smallest absolute Gasteiger partial charge is 0.191 e. The number of ether oxygens (including phenoxy) is 2. The molecule has 5 heteroatoms. The fraction of sp³-hybridized carbons (Fsp3) is 0.944. The molecule has 2 rings (SSSR count). The van der Waals surface area contributed by atoms with E-state index in [9.17, 15) is 0 Å². The van der Waals surface area contributed by atoms with Crippen molar-refractivity contribution in [3.63, 3.8) is 0 Å². The lowest BCUT2D eigenvalue weighted by Gasteiger charge is -2.30. The summed E-state index contributed by atoms with van der Waals surface area (Å²) in [6, 6.07) is 0. The van der Waals surface area contributed by atoms with Crippen LogP contribution in [0.5, 0.6) is 0 Å². The lowest BCUT2D eigenvalue weighted by atomic mass is 9.83. The molecule has 0 amide bonds. The summed E-state index contributed by atoms with van der Waals surface area (Å²) in [7, 11) is 1.84. The van der Waals surface area contributed by atoms with Gasteiger partial charge in [-0.15, -0.1) is 0 Å². The molecular weight excluding hydrogens is 290 g/mol. The van der Waals surface area contributed by atoms with E-state index >= 15 is 0 Å². The first-order chi connectivity index (χ1) is 11.3. The predicted molar refractivity (Wildman–Crippen MR) is 94.9 cm³/mol. The van der Waals surface area contributed by atoms with Crippen molar-refractivity contribution in [1.29, 1.82) is 0 Å². The van der Waals surface area contributed by atoms with Crippen molar-refractivity contribution >= 4 is 5.96 Å². The summed E-state index contributed by atoms with van der Waals surface area (Å²) in [4.78, 5) is 4.33. The van der Waals surface area contributed by atoms with E-state index in [1.54, 1.807) is 0 Å². The first kappa shape index (κ1) is 18.5. The number of guanidine groups is 1. The summed E-state index contributed by atoms with van der Waals surface area (Å²) in [6.45, 7) is 7.24. The molecule has 2 aliphatic carbocycles. The number of aliphatic imine (C=N–C) groups is 1. The minimum absolute atomic E-state index is 0.384. The molecule has 0 spiro atoms. The zero-order valence-electron chi connectivity index (χ0n) is 15.0. The molecular formula is C18H35N3O2. The van der Waals surface area contributed by atoms with Gasteiger partial charge < -0.3 is 20.1 Å². The molecule has 0 bridgehead atoms. The van der Waals surface area contributed by atoms with Gasteiger partial charge >= 0.3 is 0 Å². The van der Waals surface area contributed by atoms with Gasteiger partial charge in [0.2, 0.25) is 0 Å². The van der Waals surface area contributed by atoms with Gasteiger partial charge in [-0.2, -0.15) is 0 Å². The number of hydrogen-bond donors (Lipinski definition) is 2. The van der Waals surface area contributed by atoms with E-state index in [-0.39, 0.29) is 0 Å². The minimum atomic E-state index is 0.384. The van der Waals surface area contributed by atoms with E-state index in [1.165, 1.54) is 38.5 Å². The topological polar surface area (TPSA) is 54.9 Å². The van der Waals surface area contributed by atoms with Gasteiger partial charge in [-0.05, 0) is 50.4 Å². The van der Waals surface area contributed by atoms with Crippen LogP contribution in [0.15, 0.2) is 4.99 Å². The average Bonchev–Trinajstić information content (AvgIpc) is 3.28. The molecule has 0 atom stereocenters. The first-order valence-corrected chi connectivity index (χ1v) is 9.38. The number of hydrogen-bond acceptors (Lipinski definition) is 3. The van der Waals surface area contributed by atoms with Crippen LogP contribution >= 0.6 is 0 Å². The normalized spacial score (nSPS) is 20.7. The monoisotopic (exact) mass is 325 g/mol. The Bertz CT molecular complexity index is 350. The molecule has 0 aromatic carbocycles. The molecule has 2 fully saturated rings. The van der Waals surface area contributed by atoms with Crippen molar-refractivity contribution in [1.82, 2.24) is 10.6 Å². The standard InChI is InChI=1S/C18H35N3O2/c1-3-22-12-10-18(8-4-5-9-18)15-21-17(19-2)20-11-13-23-14-16-6-7-16/h16H,3-15H2,1-2H3,(H2,19,20,21). The van der Waals surface area contributed by atoms with Gasteiger partial charge in [0.05, 0.1) is 6.61 Å². The van der Waals surface area contributed by atoms with E-state index in [0.29, 0.717) is 5.41 Å². The van der Waals surface area contributed by atoms with Crippen LogP contribution in [0.2, 0.25) is 0 Å². The van der Waals surface area contributed by atoms with Crippen LogP contribution in [0, 0.1) is 11.3 Å². The fourth-order valence-electron chi connectivity index (χ4n) is 3.34. The summed E-state index contributed by atoms with van der Waals surface area (Å²) in [5.74, 6) is 1.72. The van der Waals surface area contributed by atoms with Crippen LogP contribution in [-0.4, -0.2) is 52.5 Å². The molecule has 2 N–H and O–H groups in total. The van der Waals surface area contributed by atoms with Crippen molar-refractivity contribution in [2.75, 3.05) is 46.6 Å². The van der Waals surface area contributed by atoms with Crippen LogP contribution in [0.25, 0.3) is 0 Å². The lowest BCUT2D eigenvalue weighted by Crippen LogP contribution is -2.44. The number of rotatable bonds is 11. The Kier molecular flexibility index (Phi) is 8.17. The molecule has 5 nitrogen and oxygen atoms in total. The first-order valence-electron chi connectivity index (χ1n) is 9.38. The third kappa shape index (κ3) is 7.08. The van der Waals surface area contributed by atoms with E-state index in [0.717, 1.165) is 57.8 Å². The molecule has 2 aliphatic rings. The molecule has 0 unspecified atom stereocenters. The second-order valence-corrected chi connectivity index (χ2v) is 7.02. The Hall–Kier alpha value is -0.810. The quantitative estimate of drug-likeness (QED) is 0.348. The van der Waals surface area contributed by atoms with E-state index in [1.807, 2.05) is 7.05 Å². The zero-order valence-corrected chi connectivity index (χ0v) is 15.0. The number of nitrogens with zero attached hydrogens (tertiary/aromatic N) is 1. The highest BCUT2D eigenvalue weighted by Crippen LogP contribution is 2.40. The maximum Gasteiger partial charge on any atom is 0.191 e. The Morgan fingerprint density at radius 2 is 1.91 bits per heavy atom. The summed E-state index contributed by atoms with van der Waals surface area (Å²) in [5, 5.41) is 6.87. The maximum absolute atomic E-state index is 5.65. The van der Waals surface area contributed by atoms with Gasteiger partial charge in [0.25, 0.3) is 0 Å². The summed E-state index contributed by atoms with van der Waals surface area (Å²) < 4.78 is 11.2. The van der Waals surface area contributed by atoms with Gasteiger partial charge in [-0.25, -0.2) is 0 Å². The summed E-state index contributed by atoms with van der Waals surface area (Å²) in [5.41, 5.74) is 0.384. The molecule has 0 aliphatic heterocycles. The van der Waals surface area contributed by atoms with Crippen molar-refractivity contribution < 1.29 is 9.47 Å². The Labute approximate surface area is 141 Å². The maximum atomic E-state index is 5.65. The van der Waals surface area contributed by atoms with Crippen molar-refractivity contribution in [2.24, 2.45) is 16.3 Å². The average molecular weight is 325 g/mol. The van der Waals surface area contributed by atoms with Crippen LogP contribution in [0.4, 0.5) is 0 Å². The second kappa shape index (κ2) is 10.1. The van der Waals surface area contributed by atoms with Gasteiger partial charge in [-0.1, -0.05) is 12.8 Å². The second-order valence-electron chi connectivity index (χ2n) is 7.02. The number of nitrogens with one attached hydrogen (secondary N) is 2. The molecule has 0 heterocycles. The highest BCUT2D eigenvalue weighted by atomic mass is 16.5. The molecule has 134 valence electrons. The Morgan fingerprint density at radius 1 is 1.13 bits per heavy atom. The minimum Gasteiger partial charge on any atom is -0.382 e. The highest BCUT2D eigenvalue weighted by Gasteiger charge is 2.33. The molecule has 0 aromatic heterocycles. The Morgan fingerprint density at radius 3 is 2.57 bits per heavy atom. The molecule has 0 saturated heterocycles. The van der Waals surface area contributed by atoms with Gasteiger partial charge in [0.1, 0.15) is 0 Å². The van der Waals surface area contributed by atoms with Crippen LogP contribution in [0.3, 0.4) is 0 Å². The van der Waals surface area contributed by atoms with Gasteiger partial charge in [-0.3, -0.25) is 4.99 Å². The molecule has 23 heavy (non-hydrogen) atoms. The summed E-state index contributed by atoms with van der Waals surface area (Å²) in [6.07, 6.45) is 9.13. The molecule has 0 aromatic rings. The van der Waals surface area contributed by atoms with Gasteiger partial charge in [0, 0.05) is 40.0 Å². The Balaban J connectivity index is 1.63. The highest BCUT2D eigenvalue weighted by molar-refractivity contribution is 5.79. The van der Waals surface area contributed by atoms with Crippen LogP contribution < -0.4 is 10.6 Å². The van der Waals surface area contributed by atoms with Crippen molar-refractivity contribution in [3.8, 4) is 0 Å². The summed E-state index contributed by atoms with van der Waals surface area (Å²) >= 11 is 0. The predicted octanol–water partition coefficient (Wildman–Crippen LogP) is 2.57. The van der Waals surface area contributed by atoms with Gasteiger partial charge in [0.15, 0.2) is 5.96 Å². The van der Waals surface area contributed by atoms with E-state index in [2.05, 4.69) is 22.5 Å². The van der Waals surface area contributed by atoms with E-state index in [4.69, 9.17) is 9.47 Å². The third-order valence-electron chi connectivity index (χ3n) is 5.09. The largest absolute Gasteiger partial charge is 0.382 e. The fourth-order valence-corrected chi connectivity index (χ4v) is 3.34. The SMILES string of the molecule is CCOCCC1(CNC(=NC)NCCOCC2CC2)CCCC1. The van der Waals surface area contributed by atoms with Crippen LogP contribution in [0.1, 0.15) is 51.9 Å². The zero-order chi connectivity index (χ0) is 16.4. The molecule has 0 radical (unpaired) electrons. The lowest BCUT2D eigenvalue weighted by molar-refractivity contribution is 0.105. The van der Waals surface area contributed by atoms with Crippen LogP contribution in [-0.2, 0) is 9.47 Å². The van der Waals surface area contributed by atoms with Crippen molar-refractivity contribution in [3.05, 3.63) is 0 Å². The van der Waals surface area contributed by atoms with Crippen molar-refractivity contribution in [2.45, 2.75) is 51.9 Å². The molecule has 2 saturated carbocycles. The third-order valence-corrected chi connectivity index (χ3v) is 5.09. The van der Waals surface area contributed by atoms with E-state index < -0.39 is 0 Å².